The Bertz CT molecular complexity index is 1030. The van der Waals surface area contributed by atoms with E-state index in [9.17, 15) is 24.5 Å². The molecule has 4 N–H and O–H groups in total. The van der Waals surface area contributed by atoms with Gasteiger partial charge in [-0.2, -0.15) is 5.10 Å². The summed E-state index contributed by atoms with van der Waals surface area (Å²) in [6.45, 7) is 0.269. The van der Waals surface area contributed by atoms with E-state index in [2.05, 4.69) is 10.5 Å². The van der Waals surface area contributed by atoms with Crippen molar-refractivity contribution in [3.63, 3.8) is 0 Å². The number of benzene rings is 3. The summed E-state index contributed by atoms with van der Waals surface area (Å²) in [6.07, 6.45) is 1.39. The van der Waals surface area contributed by atoms with Gasteiger partial charge in [0, 0.05) is 5.56 Å². The molecule has 0 bridgehead atoms. The van der Waals surface area contributed by atoms with Gasteiger partial charge in [-0.1, -0.05) is 24.3 Å². The van der Waals surface area contributed by atoms with Gasteiger partial charge in [0.05, 0.1) is 6.21 Å². The molecule has 0 saturated carbocycles. The van der Waals surface area contributed by atoms with E-state index >= 15 is 0 Å². The van der Waals surface area contributed by atoms with Crippen LogP contribution in [0.3, 0.4) is 0 Å². The second-order valence-electron chi connectivity index (χ2n) is 6.05. The Balaban J connectivity index is 1.60. The largest absolute Gasteiger partial charge is 0.504 e. The number of hydrogen-bond acceptors (Lipinski definition) is 6. The monoisotopic (exact) mass is 396 g/mol. The maximum atomic E-state index is 12.9. The molecule has 0 unspecified atom stereocenters. The van der Waals surface area contributed by atoms with Gasteiger partial charge in [-0.3, -0.25) is 4.79 Å². The minimum Gasteiger partial charge on any atom is -0.504 e. The van der Waals surface area contributed by atoms with Crippen LogP contribution in [0, 0.1) is 5.82 Å². The van der Waals surface area contributed by atoms with Crippen molar-refractivity contribution in [3.8, 4) is 23.0 Å². The first kappa shape index (κ1) is 19.7. The number of carbonyl (C=O) groups excluding carboxylic acids is 1. The fourth-order valence-electron chi connectivity index (χ4n) is 2.40. The predicted molar refractivity (Wildman–Crippen MR) is 104 cm³/mol. The fourth-order valence-corrected chi connectivity index (χ4v) is 2.40. The minimum absolute atomic E-state index is 0.0775. The summed E-state index contributed by atoms with van der Waals surface area (Å²) in [4.78, 5) is 12.0. The normalized spacial score (nSPS) is 10.8. The Morgan fingerprint density at radius 2 is 1.72 bits per heavy atom. The molecule has 3 rings (SSSR count). The molecule has 0 aliphatic rings. The Labute approximate surface area is 165 Å². The number of amides is 1. The number of nitrogens with one attached hydrogen (secondary N) is 1. The topological polar surface area (TPSA) is 111 Å². The van der Waals surface area contributed by atoms with Crippen molar-refractivity contribution in [2.24, 2.45) is 5.10 Å². The van der Waals surface area contributed by atoms with E-state index in [1.807, 2.05) is 0 Å². The zero-order valence-corrected chi connectivity index (χ0v) is 15.0. The highest BCUT2D eigenvalue weighted by Crippen LogP contribution is 2.35. The van der Waals surface area contributed by atoms with Crippen molar-refractivity contribution in [1.29, 1.82) is 0 Å². The molecule has 29 heavy (non-hydrogen) atoms. The van der Waals surface area contributed by atoms with E-state index < -0.39 is 23.2 Å². The molecule has 148 valence electrons. The van der Waals surface area contributed by atoms with Gasteiger partial charge in [-0.15, -0.1) is 0 Å². The third kappa shape index (κ3) is 5.23. The first-order valence-corrected chi connectivity index (χ1v) is 8.48. The molecule has 0 saturated heterocycles. The van der Waals surface area contributed by atoms with Crippen LogP contribution < -0.4 is 10.2 Å². The maximum absolute atomic E-state index is 12.9. The molecular weight excluding hydrogens is 379 g/mol. The summed E-state index contributed by atoms with van der Waals surface area (Å²) in [6, 6.07) is 14.9. The third-order valence-electron chi connectivity index (χ3n) is 3.89. The van der Waals surface area contributed by atoms with Crippen LogP contribution in [-0.2, 0) is 6.61 Å². The van der Waals surface area contributed by atoms with Crippen LogP contribution in [0.25, 0.3) is 0 Å². The summed E-state index contributed by atoms with van der Waals surface area (Å²) in [5.41, 5.74) is 3.65. The number of rotatable bonds is 6. The number of hydrogen-bond donors (Lipinski definition) is 4. The number of phenolic OH excluding ortho intramolecular Hbond substituents is 3. The van der Waals surface area contributed by atoms with E-state index in [0.29, 0.717) is 11.3 Å². The molecule has 0 aliphatic heterocycles. The van der Waals surface area contributed by atoms with Gasteiger partial charge in [0.25, 0.3) is 5.91 Å². The van der Waals surface area contributed by atoms with Crippen LogP contribution in [0.5, 0.6) is 23.0 Å². The molecule has 0 radical (unpaired) electrons. The predicted octanol–water partition coefficient (Wildman–Crippen LogP) is 3.29. The number of nitrogens with zero attached hydrogens (tertiary/aromatic N) is 1. The molecule has 7 nitrogen and oxygen atoms in total. The molecule has 8 heteroatoms. The van der Waals surface area contributed by atoms with Crippen molar-refractivity contribution in [1.82, 2.24) is 5.43 Å². The van der Waals surface area contributed by atoms with E-state index in [4.69, 9.17) is 4.74 Å². The highest BCUT2D eigenvalue weighted by Gasteiger charge is 2.12. The highest BCUT2D eigenvalue weighted by molar-refractivity contribution is 5.96. The SMILES string of the molecule is O=C(N/N=C/c1cccc(OCc2ccc(F)cc2)c1)c1cc(O)c(O)c(O)c1. The van der Waals surface area contributed by atoms with Crippen LogP contribution in [0.4, 0.5) is 4.39 Å². The molecule has 1 amide bonds. The number of ether oxygens (including phenoxy) is 1. The first-order chi connectivity index (χ1) is 13.9. The van der Waals surface area contributed by atoms with E-state index in [1.165, 1.54) is 18.3 Å². The molecule has 0 aromatic heterocycles. The molecule has 0 heterocycles. The van der Waals surface area contributed by atoms with E-state index in [0.717, 1.165) is 17.7 Å². The van der Waals surface area contributed by atoms with Crippen LogP contribution in [0.2, 0.25) is 0 Å². The Kier molecular flexibility index (Phi) is 5.94. The summed E-state index contributed by atoms with van der Waals surface area (Å²) in [7, 11) is 0. The fraction of sp³-hybridized carbons (Fsp3) is 0.0476. The lowest BCUT2D eigenvalue weighted by Gasteiger charge is -2.07. The Hall–Kier alpha value is -4.07. The lowest BCUT2D eigenvalue weighted by atomic mass is 10.2. The van der Waals surface area contributed by atoms with E-state index in [-0.39, 0.29) is 18.0 Å². The summed E-state index contributed by atoms with van der Waals surface area (Å²) in [5, 5.41) is 32.0. The average Bonchev–Trinajstić information content (AvgIpc) is 2.71. The second kappa shape index (κ2) is 8.75. The number of phenols is 3. The molecule has 3 aromatic rings. The number of hydrazone groups is 1. The van der Waals surface area contributed by atoms with Gasteiger partial charge < -0.3 is 20.1 Å². The van der Waals surface area contributed by atoms with Crippen molar-refractivity contribution < 1.29 is 29.2 Å². The standard InChI is InChI=1S/C21H17FN2O5/c22-16-6-4-13(5-7-16)12-29-17-3-1-2-14(8-17)11-23-24-21(28)15-9-18(25)20(27)19(26)10-15/h1-11,25-27H,12H2,(H,24,28)/b23-11+. The molecule has 0 aliphatic carbocycles. The summed E-state index contributed by atoms with van der Waals surface area (Å²) < 4.78 is 18.6. The quantitative estimate of drug-likeness (QED) is 0.290. The van der Waals surface area contributed by atoms with Crippen LogP contribution in [0.1, 0.15) is 21.5 Å². The Morgan fingerprint density at radius 1 is 1.03 bits per heavy atom. The lowest BCUT2D eigenvalue weighted by molar-refractivity contribution is 0.0954. The summed E-state index contributed by atoms with van der Waals surface area (Å²) >= 11 is 0. The molecule has 0 spiro atoms. The zero-order valence-electron chi connectivity index (χ0n) is 15.0. The maximum Gasteiger partial charge on any atom is 0.271 e. The number of halogens is 1. The van der Waals surface area contributed by atoms with Gasteiger partial charge >= 0.3 is 0 Å². The van der Waals surface area contributed by atoms with Crippen molar-refractivity contribution >= 4 is 12.1 Å². The first-order valence-electron chi connectivity index (χ1n) is 8.48. The van der Waals surface area contributed by atoms with Crippen LogP contribution in [0.15, 0.2) is 65.8 Å². The highest BCUT2D eigenvalue weighted by atomic mass is 19.1. The van der Waals surface area contributed by atoms with Gasteiger partial charge in [0.2, 0.25) is 0 Å². The molecule has 3 aromatic carbocycles. The Morgan fingerprint density at radius 3 is 2.41 bits per heavy atom. The van der Waals surface area contributed by atoms with Crippen molar-refractivity contribution in [2.45, 2.75) is 6.61 Å². The van der Waals surface area contributed by atoms with Gasteiger partial charge in [-0.25, -0.2) is 9.82 Å². The van der Waals surface area contributed by atoms with Crippen LogP contribution >= 0.6 is 0 Å². The second-order valence-corrected chi connectivity index (χ2v) is 6.05. The zero-order chi connectivity index (χ0) is 20.8. The van der Waals surface area contributed by atoms with E-state index in [1.54, 1.807) is 36.4 Å². The summed E-state index contributed by atoms with van der Waals surface area (Å²) in [5.74, 6) is -2.38. The van der Waals surface area contributed by atoms with Crippen molar-refractivity contribution in [2.75, 3.05) is 0 Å². The number of aromatic hydroxyl groups is 3. The lowest BCUT2D eigenvalue weighted by Crippen LogP contribution is -2.17. The van der Waals surface area contributed by atoms with Crippen LogP contribution in [-0.4, -0.2) is 27.4 Å². The molecule has 0 atom stereocenters. The third-order valence-corrected chi connectivity index (χ3v) is 3.89. The van der Waals surface area contributed by atoms with Crippen molar-refractivity contribution in [3.05, 3.63) is 83.2 Å². The van der Waals surface area contributed by atoms with Gasteiger partial charge in [0.1, 0.15) is 18.2 Å². The average molecular weight is 396 g/mol. The van der Waals surface area contributed by atoms with Gasteiger partial charge in [0.15, 0.2) is 17.2 Å². The molecular formula is C21H17FN2O5. The number of carbonyl (C=O) groups is 1. The molecule has 0 fully saturated rings. The minimum atomic E-state index is -0.706. The smallest absolute Gasteiger partial charge is 0.271 e. The van der Waals surface area contributed by atoms with Gasteiger partial charge in [-0.05, 0) is 47.5 Å².